The van der Waals surface area contributed by atoms with Gasteiger partial charge in [-0.2, -0.15) is 0 Å². The molecule has 0 radical (unpaired) electrons. The highest BCUT2D eigenvalue weighted by atomic mass is 79.9. The van der Waals surface area contributed by atoms with Crippen LogP contribution in [0.4, 0.5) is 0 Å². The molecule has 0 aliphatic rings. The number of likely N-dealkylation sites (N-methyl/N-ethyl adjacent to an activating group) is 1. The van der Waals surface area contributed by atoms with E-state index >= 15 is 0 Å². The fraction of sp³-hybridized carbons (Fsp3) is 0.364. The molecule has 0 N–H and O–H groups in total. The van der Waals surface area contributed by atoms with Crippen molar-refractivity contribution in [3.05, 3.63) is 32.9 Å². The molecule has 96 valence electrons. The summed E-state index contributed by atoms with van der Waals surface area (Å²) in [6.07, 6.45) is 3.28. The van der Waals surface area contributed by atoms with E-state index in [9.17, 15) is 4.79 Å². The Kier molecular flexibility index (Phi) is 4.13. The number of nitrogens with zero attached hydrogens (tertiary/aromatic N) is 4. The Morgan fingerprint density at radius 2 is 2.17 bits per heavy atom. The molecule has 0 saturated heterocycles. The lowest BCUT2D eigenvalue weighted by Gasteiger charge is -2.16. The van der Waals surface area contributed by atoms with Gasteiger partial charge < -0.3 is 9.47 Å². The molecule has 0 aromatic carbocycles. The fourth-order valence-corrected chi connectivity index (χ4v) is 3.10. The van der Waals surface area contributed by atoms with Crippen LogP contribution in [0.3, 0.4) is 0 Å². The number of thiophene rings is 1. The van der Waals surface area contributed by atoms with Crippen molar-refractivity contribution in [3.63, 3.8) is 0 Å². The van der Waals surface area contributed by atoms with Crippen LogP contribution in [0, 0.1) is 6.92 Å². The molecular formula is C11H13BrN4OS. The van der Waals surface area contributed by atoms with Crippen LogP contribution < -0.4 is 0 Å². The van der Waals surface area contributed by atoms with Gasteiger partial charge in [0.05, 0.1) is 0 Å². The standard InChI is InChI=1S/C11H13BrN4OS/c1-8-5-18-10(9(8)12)11(17)15(2)3-4-16-6-13-14-7-16/h5-7H,3-4H2,1-2H3. The van der Waals surface area contributed by atoms with Gasteiger partial charge in [0.1, 0.15) is 17.5 Å². The highest BCUT2D eigenvalue weighted by Crippen LogP contribution is 2.28. The van der Waals surface area contributed by atoms with Gasteiger partial charge in [-0.15, -0.1) is 21.5 Å². The number of halogens is 1. The zero-order valence-electron chi connectivity index (χ0n) is 10.1. The molecule has 1 amide bonds. The maximum absolute atomic E-state index is 12.2. The van der Waals surface area contributed by atoms with E-state index < -0.39 is 0 Å². The van der Waals surface area contributed by atoms with Crippen LogP contribution in [0.15, 0.2) is 22.5 Å². The summed E-state index contributed by atoms with van der Waals surface area (Å²) in [5.41, 5.74) is 1.09. The third kappa shape index (κ3) is 2.78. The van der Waals surface area contributed by atoms with Crippen LogP contribution in [0.25, 0.3) is 0 Å². The van der Waals surface area contributed by atoms with E-state index in [1.165, 1.54) is 11.3 Å². The first-order chi connectivity index (χ1) is 8.59. The van der Waals surface area contributed by atoms with Gasteiger partial charge in [0.2, 0.25) is 0 Å². The van der Waals surface area contributed by atoms with Crippen molar-refractivity contribution in [1.29, 1.82) is 0 Å². The molecule has 0 fully saturated rings. The third-order valence-corrected chi connectivity index (χ3v) is 4.97. The first-order valence-corrected chi connectivity index (χ1v) is 7.08. The number of aromatic nitrogens is 3. The highest BCUT2D eigenvalue weighted by molar-refractivity contribution is 9.10. The lowest BCUT2D eigenvalue weighted by Crippen LogP contribution is -2.29. The van der Waals surface area contributed by atoms with E-state index in [1.54, 1.807) is 24.6 Å². The molecule has 2 rings (SSSR count). The number of hydrogen-bond donors (Lipinski definition) is 0. The van der Waals surface area contributed by atoms with Gasteiger partial charge in [-0.05, 0) is 33.8 Å². The summed E-state index contributed by atoms with van der Waals surface area (Å²) in [7, 11) is 1.80. The Morgan fingerprint density at radius 1 is 1.50 bits per heavy atom. The minimum Gasteiger partial charge on any atom is -0.339 e. The van der Waals surface area contributed by atoms with Crippen molar-refractivity contribution in [2.24, 2.45) is 0 Å². The van der Waals surface area contributed by atoms with Gasteiger partial charge in [-0.1, -0.05) is 0 Å². The predicted octanol–water partition coefficient (Wildman–Crippen LogP) is 2.18. The largest absolute Gasteiger partial charge is 0.339 e. The quantitative estimate of drug-likeness (QED) is 0.864. The van der Waals surface area contributed by atoms with E-state index in [2.05, 4.69) is 26.1 Å². The summed E-state index contributed by atoms with van der Waals surface area (Å²) in [4.78, 5) is 14.7. The molecule has 2 aromatic heterocycles. The van der Waals surface area contributed by atoms with Crippen LogP contribution in [0.2, 0.25) is 0 Å². The monoisotopic (exact) mass is 328 g/mol. The van der Waals surface area contributed by atoms with Crippen molar-refractivity contribution in [2.45, 2.75) is 13.5 Å². The Hall–Kier alpha value is -1.21. The van der Waals surface area contributed by atoms with Gasteiger partial charge >= 0.3 is 0 Å². The Morgan fingerprint density at radius 3 is 2.72 bits per heavy atom. The first kappa shape index (κ1) is 13.2. The number of rotatable bonds is 4. The number of hydrogen-bond acceptors (Lipinski definition) is 4. The van der Waals surface area contributed by atoms with E-state index in [1.807, 2.05) is 16.9 Å². The molecule has 0 atom stereocenters. The number of amides is 1. The second kappa shape index (κ2) is 5.62. The van der Waals surface area contributed by atoms with Crippen LogP contribution in [-0.4, -0.2) is 39.2 Å². The average Bonchev–Trinajstić information content (AvgIpc) is 2.97. The van der Waals surface area contributed by atoms with Crippen molar-refractivity contribution in [1.82, 2.24) is 19.7 Å². The van der Waals surface area contributed by atoms with Crippen LogP contribution in [0.5, 0.6) is 0 Å². The molecule has 0 spiro atoms. The molecule has 0 aliphatic carbocycles. The molecule has 0 saturated carbocycles. The fourth-order valence-electron chi connectivity index (χ4n) is 1.45. The van der Waals surface area contributed by atoms with Crippen molar-refractivity contribution < 1.29 is 4.79 Å². The maximum Gasteiger partial charge on any atom is 0.264 e. The van der Waals surface area contributed by atoms with Gasteiger partial charge in [-0.25, -0.2) is 0 Å². The van der Waals surface area contributed by atoms with Gasteiger partial charge in [0.15, 0.2) is 0 Å². The second-order valence-corrected chi connectivity index (χ2v) is 5.66. The molecule has 18 heavy (non-hydrogen) atoms. The lowest BCUT2D eigenvalue weighted by molar-refractivity contribution is 0.0794. The topological polar surface area (TPSA) is 51.0 Å². The molecule has 0 unspecified atom stereocenters. The summed E-state index contributed by atoms with van der Waals surface area (Å²) in [5, 5.41) is 9.43. The maximum atomic E-state index is 12.2. The minimum absolute atomic E-state index is 0.0352. The third-order valence-electron chi connectivity index (χ3n) is 2.60. The van der Waals surface area contributed by atoms with Gasteiger partial charge in [-0.3, -0.25) is 4.79 Å². The SMILES string of the molecule is Cc1csc(C(=O)N(C)CCn2cnnc2)c1Br. The molecule has 5 nitrogen and oxygen atoms in total. The van der Waals surface area contributed by atoms with Crippen LogP contribution in [-0.2, 0) is 6.54 Å². The number of aryl methyl sites for hydroxylation is 1. The van der Waals surface area contributed by atoms with Gasteiger partial charge in [0.25, 0.3) is 5.91 Å². The van der Waals surface area contributed by atoms with E-state index in [0.717, 1.165) is 14.9 Å². The summed E-state index contributed by atoms with van der Waals surface area (Å²) in [6, 6.07) is 0. The summed E-state index contributed by atoms with van der Waals surface area (Å²) >= 11 is 4.91. The minimum atomic E-state index is 0.0352. The van der Waals surface area contributed by atoms with E-state index in [-0.39, 0.29) is 5.91 Å². The number of carbonyl (C=O) groups excluding carboxylic acids is 1. The van der Waals surface area contributed by atoms with Crippen LogP contribution >= 0.6 is 27.3 Å². The Labute approximate surface area is 118 Å². The van der Waals surface area contributed by atoms with Gasteiger partial charge in [0, 0.05) is 24.6 Å². The normalized spacial score (nSPS) is 10.6. The average molecular weight is 329 g/mol. The molecule has 7 heteroatoms. The molecule has 2 heterocycles. The molecule has 2 aromatic rings. The summed E-state index contributed by atoms with van der Waals surface area (Å²) < 4.78 is 2.74. The molecule has 0 aliphatic heterocycles. The van der Waals surface area contributed by atoms with Crippen molar-refractivity contribution in [2.75, 3.05) is 13.6 Å². The van der Waals surface area contributed by atoms with Crippen molar-refractivity contribution in [3.8, 4) is 0 Å². The highest BCUT2D eigenvalue weighted by Gasteiger charge is 2.17. The summed E-state index contributed by atoms with van der Waals surface area (Å²) in [6.45, 7) is 3.30. The van der Waals surface area contributed by atoms with Crippen molar-refractivity contribution >= 4 is 33.2 Å². The Balaban J connectivity index is 1.98. The smallest absolute Gasteiger partial charge is 0.264 e. The number of carbonyl (C=O) groups is 1. The first-order valence-electron chi connectivity index (χ1n) is 5.41. The lowest BCUT2D eigenvalue weighted by atomic mass is 10.3. The predicted molar refractivity (Wildman–Crippen MR) is 73.7 cm³/mol. The molecular weight excluding hydrogens is 316 g/mol. The zero-order chi connectivity index (χ0) is 13.1. The Bertz CT molecular complexity index is 537. The second-order valence-electron chi connectivity index (χ2n) is 3.99. The van der Waals surface area contributed by atoms with E-state index in [0.29, 0.717) is 13.1 Å². The van der Waals surface area contributed by atoms with Crippen LogP contribution in [0.1, 0.15) is 15.2 Å². The summed E-state index contributed by atoms with van der Waals surface area (Å²) in [5.74, 6) is 0.0352. The molecule has 0 bridgehead atoms. The zero-order valence-corrected chi connectivity index (χ0v) is 12.5. The van der Waals surface area contributed by atoms with E-state index in [4.69, 9.17) is 0 Å².